The molecule has 1 saturated carbocycles. The maximum atomic E-state index is 12.7. The second-order valence-corrected chi connectivity index (χ2v) is 6.34. The van der Waals surface area contributed by atoms with Crippen LogP contribution in [-0.4, -0.2) is 29.4 Å². The molecular weight excluding hydrogens is 316 g/mol. The Kier molecular flexibility index (Phi) is 2.97. The molecule has 1 aliphatic rings. The van der Waals surface area contributed by atoms with Crippen molar-refractivity contribution < 1.29 is 0 Å². The van der Waals surface area contributed by atoms with Gasteiger partial charge in [0.2, 0.25) is 0 Å². The van der Waals surface area contributed by atoms with Crippen LogP contribution in [0, 0.1) is 0 Å². The molecule has 1 aromatic carbocycles. The third kappa shape index (κ3) is 2.08. The molecule has 0 saturated heterocycles. The van der Waals surface area contributed by atoms with Crippen molar-refractivity contribution in [2.45, 2.75) is 32.2 Å². The largest absolute Gasteiger partial charge is 0.294 e. The lowest BCUT2D eigenvalue weighted by molar-refractivity contribution is 0.690. The summed E-state index contributed by atoms with van der Waals surface area (Å²) in [6.07, 6.45) is 4.40. The third-order valence-electron chi connectivity index (χ3n) is 4.67. The van der Waals surface area contributed by atoms with Gasteiger partial charge in [-0.15, -0.1) is 10.2 Å². The molecule has 0 N–H and O–H groups in total. The normalized spacial score (nSPS) is 14.4. The van der Waals surface area contributed by atoms with E-state index in [0.717, 1.165) is 36.1 Å². The molecule has 3 heterocycles. The topological polar surface area (TPSA) is 78.0 Å². The van der Waals surface area contributed by atoms with E-state index < -0.39 is 0 Å². The number of aromatic nitrogens is 6. The van der Waals surface area contributed by atoms with Crippen LogP contribution in [0.4, 0.5) is 0 Å². The Hall–Kier alpha value is -3.09. The summed E-state index contributed by atoms with van der Waals surface area (Å²) < 4.78 is 3.31. The van der Waals surface area contributed by atoms with Crippen LogP contribution in [0.25, 0.3) is 27.9 Å². The van der Waals surface area contributed by atoms with Crippen LogP contribution in [0.1, 0.15) is 31.5 Å². The lowest BCUT2D eigenvalue weighted by Gasteiger charge is -2.04. The summed E-state index contributed by atoms with van der Waals surface area (Å²) in [5.74, 6) is 0. The van der Waals surface area contributed by atoms with Crippen LogP contribution in [0.2, 0.25) is 0 Å². The fraction of sp³-hybridized carbons (Fsp3) is 0.278. The van der Waals surface area contributed by atoms with Crippen LogP contribution >= 0.6 is 0 Å². The highest BCUT2D eigenvalue weighted by Gasteiger charge is 2.26. The zero-order valence-corrected chi connectivity index (χ0v) is 13.8. The van der Waals surface area contributed by atoms with Crippen molar-refractivity contribution in [1.29, 1.82) is 0 Å². The van der Waals surface area contributed by atoms with Gasteiger partial charge in [0.1, 0.15) is 6.33 Å². The van der Waals surface area contributed by atoms with E-state index in [9.17, 15) is 4.79 Å². The summed E-state index contributed by atoms with van der Waals surface area (Å²) in [6, 6.07) is 10.3. The van der Waals surface area contributed by atoms with Crippen molar-refractivity contribution in [2.24, 2.45) is 0 Å². The highest BCUT2D eigenvalue weighted by molar-refractivity contribution is 5.83. The monoisotopic (exact) mass is 332 g/mol. The maximum absolute atomic E-state index is 12.7. The minimum absolute atomic E-state index is 0.142. The molecule has 0 bridgehead atoms. The number of hydrogen-bond acceptors (Lipinski definition) is 5. The number of aryl methyl sites for hydroxylation is 1. The Morgan fingerprint density at radius 1 is 1.12 bits per heavy atom. The fourth-order valence-corrected chi connectivity index (χ4v) is 3.24. The second-order valence-electron chi connectivity index (χ2n) is 6.34. The first kappa shape index (κ1) is 14.3. The minimum Gasteiger partial charge on any atom is -0.294 e. The standard InChI is InChI=1S/C18H16N6O/c1-2-13-14(11-6-4-3-5-7-11)16-21-20-15-17(24(16)22-13)19-10-23(18(15)25)12-8-9-12/h3-7,10,12H,2,8-9H2,1H3. The molecule has 0 unspecified atom stereocenters. The van der Waals surface area contributed by atoms with Crippen molar-refractivity contribution in [3.8, 4) is 11.1 Å². The van der Waals surface area contributed by atoms with Gasteiger partial charge in [-0.2, -0.15) is 9.61 Å². The van der Waals surface area contributed by atoms with Crippen LogP contribution in [-0.2, 0) is 6.42 Å². The fourth-order valence-electron chi connectivity index (χ4n) is 3.24. The first-order chi connectivity index (χ1) is 12.3. The second kappa shape index (κ2) is 5.20. The molecule has 25 heavy (non-hydrogen) atoms. The Bertz CT molecular complexity index is 1160. The van der Waals surface area contributed by atoms with Crippen LogP contribution in [0.5, 0.6) is 0 Å². The molecular formula is C18H16N6O. The summed E-state index contributed by atoms with van der Waals surface area (Å²) in [4.78, 5) is 17.1. The zero-order chi connectivity index (χ0) is 17.0. The number of benzene rings is 1. The molecule has 0 atom stereocenters. The van der Waals surface area contributed by atoms with E-state index in [1.807, 2.05) is 30.3 Å². The van der Waals surface area contributed by atoms with Crippen molar-refractivity contribution in [1.82, 2.24) is 29.4 Å². The van der Waals surface area contributed by atoms with Gasteiger partial charge in [-0.25, -0.2) is 4.98 Å². The molecule has 1 fully saturated rings. The molecule has 7 heteroatoms. The zero-order valence-electron chi connectivity index (χ0n) is 13.8. The molecule has 0 spiro atoms. The summed E-state index contributed by atoms with van der Waals surface area (Å²) in [6.45, 7) is 2.05. The maximum Gasteiger partial charge on any atom is 0.283 e. The molecule has 0 aliphatic heterocycles. The van der Waals surface area contributed by atoms with Crippen molar-refractivity contribution in [2.75, 3.05) is 0 Å². The van der Waals surface area contributed by atoms with E-state index in [4.69, 9.17) is 0 Å². The van der Waals surface area contributed by atoms with Gasteiger partial charge in [0.05, 0.1) is 11.3 Å². The van der Waals surface area contributed by atoms with Crippen molar-refractivity contribution in [3.63, 3.8) is 0 Å². The van der Waals surface area contributed by atoms with Gasteiger partial charge in [-0.1, -0.05) is 37.3 Å². The summed E-state index contributed by atoms with van der Waals surface area (Å²) in [5.41, 5.74) is 4.12. The smallest absolute Gasteiger partial charge is 0.283 e. The average Bonchev–Trinajstić information content (AvgIpc) is 3.41. The lowest BCUT2D eigenvalue weighted by atomic mass is 10.0. The van der Waals surface area contributed by atoms with E-state index in [0.29, 0.717) is 11.3 Å². The average molecular weight is 332 g/mol. The molecule has 3 aromatic heterocycles. The van der Waals surface area contributed by atoms with E-state index in [1.165, 1.54) is 0 Å². The Labute approximate surface area is 143 Å². The summed E-state index contributed by atoms with van der Waals surface area (Å²) in [7, 11) is 0. The molecule has 5 rings (SSSR count). The molecule has 0 radical (unpaired) electrons. The van der Waals surface area contributed by atoms with Crippen LogP contribution < -0.4 is 5.56 Å². The highest BCUT2D eigenvalue weighted by atomic mass is 16.1. The Morgan fingerprint density at radius 2 is 1.92 bits per heavy atom. The Balaban J connectivity index is 1.84. The predicted octanol–water partition coefficient (Wildman–Crippen LogP) is 2.40. The molecule has 4 aromatic rings. The lowest BCUT2D eigenvalue weighted by Crippen LogP contribution is -2.22. The molecule has 1 aliphatic carbocycles. The van der Waals surface area contributed by atoms with Gasteiger partial charge in [0.25, 0.3) is 5.56 Å². The van der Waals surface area contributed by atoms with Gasteiger partial charge in [-0.3, -0.25) is 9.36 Å². The predicted molar refractivity (Wildman–Crippen MR) is 93.4 cm³/mol. The number of nitrogens with zero attached hydrogens (tertiary/aromatic N) is 6. The molecule has 124 valence electrons. The van der Waals surface area contributed by atoms with Gasteiger partial charge in [-0.05, 0) is 24.8 Å². The van der Waals surface area contributed by atoms with E-state index in [2.05, 4.69) is 27.2 Å². The van der Waals surface area contributed by atoms with Crippen LogP contribution in [0.15, 0.2) is 41.5 Å². The number of fused-ring (bicyclic) bond motifs is 3. The minimum atomic E-state index is -0.142. The first-order valence-corrected chi connectivity index (χ1v) is 8.48. The van der Waals surface area contributed by atoms with Crippen molar-refractivity contribution >= 4 is 16.8 Å². The number of rotatable bonds is 3. The van der Waals surface area contributed by atoms with E-state index in [-0.39, 0.29) is 17.1 Å². The van der Waals surface area contributed by atoms with Crippen molar-refractivity contribution in [3.05, 3.63) is 52.7 Å². The Morgan fingerprint density at radius 3 is 2.64 bits per heavy atom. The highest BCUT2D eigenvalue weighted by Crippen LogP contribution is 2.33. The van der Waals surface area contributed by atoms with E-state index >= 15 is 0 Å². The first-order valence-electron chi connectivity index (χ1n) is 8.48. The van der Waals surface area contributed by atoms with E-state index in [1.54, 1.807) is 15.4 Å². The van der Waals surface area contributed by atoms with Crippen LogP contribution in [0.3, 0.4) is 0 Å². The quantitative estimate of drug-likeness (QED) is 0.576. The number of hydrogen-bond donors (Lipinski definition) is 0. The van der Waals surface area contributed by atoms with Gasteiger partial charge < -0.3 is 0 Å². The third-order valence-corrected chi connectivity index (χ3v) is 4.67. The summed E-state index contributed by atoms with van der Waals surface area (Å²) in [5, 5.41) is 13.2. The van der Waals surface area contributed by atoms with Gasteiger partial charge in [0.15, 0.2) is 16.8 Å². The van der Waals surface area contributed by atoms with Gasteiger partial charge in [0, 0.05) is 6.04 Å². The molecule has 7 nitrogen and oxygen atoms in total. The SMILES string of the molecule is CCc1nn2c(nnc3c(=O)n(C4CC4)cnc32)c1-c1ccccc1. The summed E-state index contributed by atoms with van der Waals surface area (Å²) >= 11 is 0. The molecule has 0 amide bonds. The van der Waals surface area contributed by atoms with Gasteiger partial charge >= 0.3 is 0 Å².